The first-order valence-electron chi connectivity index (χ1n) is 6.96. The minimum Gasteiger partial charge on any atom is -0.481 e. The van der Waals surface area contributed by atoms with Crippen LogP contribution in [0.15, 0.2) is 12.1 Å². The fourth-order valence-electron chi connectivity index (χ4n) is 1.59. The Hall–Kier alpha value is -2.62. The summed E-state index contributed by atoms with van der Waals surface area (Å²) in [6, 6.07) is 0.485. The minimum absolute atomic E-state index is 0.0692. The summed E-state index contributed by atoms with van der Waals surface area (Å²) in [4.78, 5) is 30.2. The molecule has 0 heterocycles. The Bertz CT molecular complexity index is 610. The van der Waals surface area contributed by atoms with Gasteiger partial charge in [-0.1, -0.05) is 0 Å². The molecule has 0 aliphatic heterocycles. The van der Waals surface area contributed by atoms with Crippen molar-refractivity contribution in [3.63, 3.8) is 0 Å². The molecule has 0 radical (unpaired) electrons. The monoisotopic (exact) mass is 365 g/mol. The molecule has 0 amide bonds. The molecule has 140 valence electrons. The third kappa shape index (κ3) is 9.97. The van der Waals surface area contributed by atoms with Crippen LogP contribution in [-0.4, -0.2) is 41.3 Å². The van der Waals surface area contributed by atoms with Crippen LogP contribution in [0.25, 0.3) is 0 Å². The van der Waals surface area contributed by atoms with Gasteiger partial charge in [0.2, 0.25) is 0 Å². The highest BCUT2D eigenvalue weighted by molar-refractivity contribution is 5.75. The summed E-state index contributed by atoms with van der Waals surface area (Å²) >= 11 is 0. The number of ether oxygens (including phenoxy) is 1. The average Bonchev–Trinajstić information content (AvgIpc) is 2.51. The van der Waals surface area contributed by atoms with Gasteiger partial charge in [-0.05, 0) is 18.1 Å². The summed E-state index contributed by atoms with van der Waals surface area (Å²) in [6.45, 7) is 0. The maximum atomic E-state index is 13.2. The van der Waals surface area contributed by atoms with Crippen LogP contribution in [0.2, 0.25) is 0 Å². The first-order chi connectivity index (χ1) is 11.6. The topological polar surface area (TPSA) is 127 Å². The average molecular weight is 365 g/mol. The molecule has 1 rings (SSSR count). The van der Waals surface area contributed by atoms with E-state index in [1.54, 1.807) is 0 Å². The van der Waals surface area contributed by atoms with Crippen LogP contribution in [-0.2, 0) is 25.5 Å². The number of aliphatic carboxylic acids is 2. The lowest BCUT2D eigenvalue weighted by atomic mass is 10.0. The molecule has 1 atom stereocenters. The SMILES string of the molecule is COC(=O)CC(N)Cc1cc(F)c(F)cc1F.O=C(O)CCC(=O)O. The fourth-order valence-corrected chi connectivity index (χ4v) is 1.59. The van der Waals surface area contributed by atoms with Gasteiger partial charge in [-0.3, -0.25) is 14.4 Å². The predicted molar refractivity (Wildman–Crippen MR) is 79.1 cm³/mol. The number of hydrogen-bond acceptors (Lipinski definition) is 5. The van der Waals surface area contributed by atoms with Crippen LogP contribution in [0.3, 0.4) is 0 Å². The van der Waals surface area contributed by atoms with Gasteiger partial charge in [0.15, 0.2) is 11.6 Å². The van der Waals surface area contributed by atoms with Gasteiger partial charge in [-0.15, -0.1) is 0 Å². The Morgan fingerprint density at radius 2 is 1.52 bits per heavy atom. The zero-order valence-corrected chi connectivity index (χ0v) is 13.3. The van der Waals surface area contributed by atoms with Crippen molar-refractivity contribution >= 4 is 17.9 Å². The van der Waals surface area contributed by atoms with Gasteiger partial charge in [0.25, 0.3) is 0 Å². The number of methoxy groups -OCH3 is 1. The minimum atomic E-state index is -1.26. The molecule has 0 fully saturated rings. The van der Waals surface area contributed by atoms with Gasteiger partial charge in [-0.25, -0.2) is 13.2 Å². The molecule has 1 unspecified atom stereocenters. The highest BCUT2D eigenvalue weighted by atomic mass is 19.2. The Kier molecular flexibility index (Phi) is 9.87. The van der Waals surface area contributed by atoms with Gasteiger partial charge in [0.05, 0.1) is 26.4 Å². The van der Waals surface area contributed by atoms with E-state index in [4.69, 9.17) is 15.9 Å². The normalized spacial score (nSPS) is 11.1. The van der Waals surface area contributed by atoms with E-state index in [0.29, 0.717) is 6.07 Å². The number of nitrogens with two attached hydrogens (primary N) is 1. The van der Waals surface area contributed by atoms with E-state index in [1.807, 2.05) is 0 Å². The molecule has 0 aliphatic carbocycles. The number of halogens is 3. The molecule has 4 N–H and O–H groups in total. The first kappa shape index (κ1) is 22.4. The zero-order chi connectivity index (χ0) is 19.6. The van der Waals surface area contributed by atoms with Gasteiger partial charge in [0, 0.05) is 12.1 Å². The van der Waals surface area contributed by atoms with Gasteiger partial charge >= 0.3 is 17.9 Å². The second kappa shape index (κ2) is 11.0. The second-order valence-electron chi connectivity index (χ2n) is 4.89. The summed E-state index contributed by atoms with van der Waals surface area (Å²) in [5.41, 5.74) is 5.49. The summed E-state index contributed by atoms with van der Waals surface area (Å²) in [5.74, 6) is -5.98. The maximum absolute atomic E-state index is 13.2. The Morgan fingerprint density at radius 3 is 1.96 bits per heavy atom. The summed E-state index contributed by atoms with van der Waals surface area (Å²) in [5, 5.41) is 15.8. The van der Waals surface area contributed by atoms with E-state index in [0.717, 1.165) is 6.07 Å². The molecule has 0 aromatic heterocycles. The van der Waals surface area contributed by atoms with E-state index in [9.17, 15) is 27.6 Å². The van der Waals surface area contributed by atoms with E-state index >= 15 is 0 Å². The van der Waals surface area contributed by atoms with Crippen LogP contribution < -0.4 is 5.73 Å². The van der Waals surface area contributed by atoms with Crippen LogP contribution >= 0.6 is 0 Å². The molecule has 1 aromatic carbocycles. The van der Waals surface area contributed by atoms with Crippen molar-refractivity contribution in [1.29, 1.82) is 0 Å². The van der Waals surface area contributed by atoms with E-state index in [1.165, 1.54) is 7.11 Å². The van der Waals surface area contributed by atoms with Crippen molar-refractivity contribution in [1.82, 2.24) is 0 Å². The number of esters is 1. The highest BCUT2D eigenvalue weighted by Crippen LogP contribution is 2.15. The van der Waals surface area contributed by atoms with Crippen LogP contribution in [0.4, 0.5) is 13.2 Å². The Balaban J connectivity index is 0.000000609. The molecule has 0 saturated carbocycles. The van der Waals surface area contributed by atoms with E-state index < -0.39 is 41.4 Å². The summed E-state index contributed by atoms with van der Waals surface area (Å²) in [7, 11) is 1.20. The van der Waals surface area contributed by atoms with Gasteiger partial charge in [-0.2, -0.15) is 0 Å². The quantitative estimate of drug-likeness (QED) is 0.493. The van der Waals surface area contributed by atoms with E-state index in [2.05, 4.69) is 4.74 Å². The van der Waals surface area contributed by atoms with E-state index in [-0.39, 0.29) is 31.2 Å². The van der Waals surface area contributed by atoms with Crippen molar-refractivity contribution in [2.75, 3.05) is 7.11 Å². The number of carboxylic acid groups (broad SMARTS) is 2. The smallest absolute Gasteiger partial charge is 0.307 e. The molecule has 0 aliphatic rings. The standard InChI is InChI=1S/C11H12F3NO2.C4H6O4/c1-17-11(16)4-7(15)2-6-3-9(13)10(14)5-8(6)12;5-3(6)1-2-4(7)8/h3,5,7H,2,4,15H2,1H3;1-2H2,(H,5,6)(H,7,8). The second-order valence-corrected chi connectivity index (χ2v) is 4.89. The maximum Gasteiger partial charge on any atom is 0.307 e. The predicted octanol–water partition coefficient (Wildman–Crippen LogP) is 1.47. The third-order valence-electron chi connectivity index (χ3n) is 2.78. The van der Waals surface area contributed by atoms with Gasteiger partial charge < -0.3 is 20.7 Å². The lowest BCUT2D eigenvalue weighted by molar-refractivity contribution is -0.143. The number of carbonyl (C=O) groups is 3. The molecular weight excluding hydrogens is 347 g/mol. The van der Waals surface area contributed by atoms with Gasteiger partial charge in [0.1, 0.15) is 5.82 Å². The number of hydrogen-bond donors (Lipinski definition) is 3. The molecule has 0 bridgehead atoms. The molecule has 0 spiro atoms. The van der Waals surface area contributed by atoms with Crippen molar-refractivity contribution in [2.45, 2.75) is 31.7 Å². The zero-order valence-electron chi connectivity index (χ0n) is 13.3. The number of benzene rings is 1. The Labute approximate surface area is 141 Å². The molecule has 10 heteroatoms. The van der Waals surface area contributed by atoms with Crippen molar-refractivity contribution in [3.8, 4) is 0 Å². The number of rotatable bonds is 7. The molecular formula is C15H18F3NO6. The van der Waals surface area contributed by atoms with Crippen molar-refractivity contribution < 1.29 is 42.5 Å². The number of carboxylic acids is 2. The fraction of sp³-hybridized carbons (Fsp3) is 0.400. The first-order valence-corrected chi connectivity index (χ1v) is 6.96. The molecule has 1 aromatic rings. The molecule has 7 nitrogen and oxygen atoms in total. The van der Waals surface area contributed by atoms with Crippen LogP contribution in [0, 0.1) is 17.5 Å². The Morgan fingerprint density at radius 1 is 1.04 bits per heavy atom. The lowest BCUT2D eigenvalue weighted by Crippen LogP contribution is -2.27. The lowest BCUT2D eigenvalue weighted by Gasteiger charge is -2.11. The summed E-state index contributed by atoms with van der Waals surface area (Å²) in [6.07, 6.45) is -0.780. The molecule has 25 heavy (non-hydrogen) atoms. The number of carbonyl (C=O) groups excluding carboxylic acids is 1. The highest BCUT2D eigenvalue weighted by Gasteiger charge is 2.15. The summed E-state index contributed by atoms with van der Waals surface area (Å²) < 4.78 is 43.1. The van der Waals surface area contributed by atoms with Crippen LogP contribution in [0.1, 0.15) is 24.8 Å². The van der Waals surface area contributed by atoms with Crippen molar-refractivity contribution in [3.05, 3.63) is 35.1 Å². The molecule has 0 saturated heterocycles. The van der Waals surface area contributed by atoms with Crippen molar-refractivity contribution in [2.24, 2.45) is 5.73 Å². The van der Waals surface area contributed by atoms with Crippen LogP contribution in [0.5, 0.6) is 0 Å². The largest absolute Gasteiger partial charge is 0.481 e. The third-order valence-corrected chi connectivity index (χ3v) is 2.78.